The third-order valence-corrected chi connectivity index (χ3v) is 14.7. The Balaban J connectivity index is 1.24. The molecular weight excluding hydrogens is 1130 g/mol. The van der Waals surface area contributed by atoms with Crippen molar-refractivity contribution >= 4 is 75.9 Å². The van der Waals surface area contributed by atoms with Gasteiger partial charge in [-0.15, -0.1) is 0 Å². The van der Waals surface area contributed by atoms with Crippen LogP contribution in [0, 0.1) is 5.92 Å². The maximum Gasteiger partial charge on any atom is 0.245 e. The highest BCUT2D eigenvalue weighted by atomic mass is 16.3. The fraction of sp³-hybridized carbons (Fsp3) is 0.500. The number of benzene rings is 2. The van der Waals surface area contributed by atoms with Crippen LogP contribution in [-0.2, 0) is 67.2 Å². The number of aliphatic hydroxyl groups is 1. The smallest absolute Gasteiger partial charge is 0.245 e. The summed E-state index contributed by atoms with van der Waals surface area (Å²) in [5.74, 6) is -8.36. The zero-order valence-corrected chi connectivity index (χ0v) is 48.3. The summed E-state index contributed by atoms with van der Waals surface area (Å²) in [6.45, 7) is 2.71. The zero-order chi connectivity index (χ0) is 63.2. The van der Waals surface area contributed by atoms with E-state index < -0.39 is 114 Å². The largest absolute Gasteiger partial charge is 0.508 e. The van der Waals surface area contributed by atoms with Crippen molar-refractivity contribution in [2.24, 2.45) is 33.2 Å². The molecule has 6 rings (SSSR count). The number of rotatable bonds is 33. The number of guanidine groups is 1. The number of amides is 10. The number of primary amides is 1. The number of nitrogens with two attached hydrogens (primary N) is 3. The molecule has 2 aliphatic heterocycles. The number of hydrogen-bond donors (Lipinski definition) is 15. The van der Waals surface area contributed by atoms with E-state index in [0.29, 0.717) is 40.6 Å². The molecular formula is C56H77N19O12. The number of aliphatic hydroxyl groups excluding tert-OH is 1. The number of azide groups is 1. The van der Waals surface area contributed by atoms with Crippen LogP contribution in [0.15, 0.2) is 77.4 Å². The maximum atomic E-state index is 14.7. The summed E-state index contributed by atoms with van der Waals surface area (Å²) in [6.07, 6.45) is 5.08. The van der Waals surface area contributed by atoms with Crippen molar-refractivity contribution in [3.63, 3.8) is 0 Å². The van der Waals surface area contributed by atoms with Gasteiger partial charge in [0.15, 0.2) is 5.96 Å². The molecule has 0 radical (unpaired) electrons. The van der Waals surface area contributed by atoms with Gasteiger partial charge in [-0.1, -0.05) is 49.3 Å². The summed E-state index contributed by atoms with van der Waals surface area (Å²) in [4.78, 5) is 157. The molecule has 468 valence electrons. The van der Waals surface area contributed by atoms with Crippen molar-refractivity contribution in [3.8, 4) is 5.75 Å². The van der Waals surface area contributed by atoms with Gasteiger partial charge in [0.05, 0.1) is 12.9 Å². The second-order valence-electron chi connectivity index (χ2n) is 21.8. The van der Waals surface area contributed by atoms with Crippen molar-refractivity contribution < 1.29 is 58.2 Å². The molecule has 1 unspecified atom stereocenters. The molecule has 2 aliphatic rings. The molecule has 2 aromatic heterocycles. The molecule has 18 N–H and O–H groups in total. The topological polar surface area (TPSA) is 494 Å². The number of fused-ring (bicyclic) bond motifs is 1. The number of aromatic nitrogens is 3. The highest BCUT2D eigenvalue weighted by molar-refractivity contribution is 5.99. The third-order valence-electron chi connectivity index (χ3n) is 14.7. The van der Waals surface area contributed by atoms with Crippen molar-refractivity contribution in [3.05, 3.63) is 94.5 Å². The average Bonchev–Trinajstić information content (AvgIpc) is 3.18. The first-order valence-electron chi connectivity index (χ1n) is 28.6. The van der Waals surface area contributed by atoms with Crippen LogP contribution in [0.3, 0.4) is 0 Å². The van der Waals surface area contributed by atoms with Gasteiger partial charge in [-0.05, 0) is 92.1 Å². The quantitative estimate of drug-likeness (QED) is 0.00610. The van der Waals surface area contributed by atoms with E-state index in [4.69, 9.17) is 22.7 Å². The van der Waals surface area contributed by atoms with Gasteiger partial charge in [0.1, 0.15) is 60.1 Å². The van der Waals surface area contributed by atoms with Gasteiger partial charge in [0.2, 0.25) is 59.1 Å². The fourth-order valence-electron chi connectivity index (χ4n) is 10.2. The number of nitrogens with one attached hydrogen (secondary N) is 10. The molecule has 0 aliphatic carbocycles. The molecule has 87 heavy (non-hydrogen) atoms. The minimum Gasteiger partial charge on any atom is -0.508 e. The second-order valence-corrected chi connectivity index (χ2v) is 21.8. The Kier molecular flexibility index (Phi) is 24.8. The lowest BCUT2D eigenvalue weighted by Gasteiger charge is -2.30. The molecule has 31 heteroatoms. The van der Waals surface area contributed by atoms with Crippen LogP contribution >= 0.6 is 0 Å². The van der Waals surface area contributed by atoms with Gasteiger partial charge in [0.25, 0.3) is 0 Å². The van der Waals surface area contributed by atoms with Crippen LogP contribution in [-0.4, -0.2) is 176 Å². The number of aromatic amines is 2. The summed E-state index contributed by atoms with van der Waals surface area (Å²) in [7, 11) is 0. The van der Waals surface area contributed by atoms with E-state index in [1.54, 1.807) is 44.3 Å². The number of carbonyl (C=O) groups excluding carboxylic acids is 10. The lowest BCUT2D eigenvalue weighted by atomic mass is 10.0. The molecule has 2 fully saturated rings. The minimum atomic E-state index is -1.80. The van der Waals surface area contributed by atoms with E-state index in [2.05, 4.69) is 72.5 Å². The molecule has 10 amide bonds. The van der Waals surface area contributed by atoms with Crippen LogP contribution in [0.4, 0.5) is 0 Å². The lowest BCUT2D eigenvalue weighted by molar-refractivity contribution is -0.141. The molecule has 4 heterocycles. The number of phenols is 1. The Morgan fingerprint density at radius 1 is 0.736 bits per heavy atom. The number of imidazole rings is 1. The first kappa shape index (κ1) is 66.4. The maximum absolute atomic E-state index is 14.7. The lowest BCUT2D eigenvalue weighted by Crippen LogP contribution is -2.61. The van der Waals surface area contributed by atoms with E-state index in [-0.39, 0.29) is 107 Å². The van der Waals surface area contributed by atoms with E-state index in [9.17, 15) is 58.2 Å². The van der Waals surface area contributed by atoms with Crippen LogP contribution in [0.5, 0.6) is 5.75 Å². The van der Waals surface area contributed by atoms with Gasteiger partial charge < -0.3 is 84.8 Å². The summed E-state index contributed by atoms with van der Waals surface area (Å²) < 4.78 is 0. The number of likely N-dealkylation sites (tertiary alicyclic amines) is 1. The Morgan fingerprint density at radius 2 is 1.33 bits per heavy atom. The number of nitrogens with zero attached hydrogens (tertiary/aromatic N) is 6. The van der Waals surface area contributed by atoms with E-state index in [0.717, 1.165) is 0 Å². The molecule has 0 saturated carbocycles. The molecule has 4 aromatic rings. The summed E-state index contributed by atoms with van der Waals surface area (Å²) in [5.41, 5.74) is 27.8. The third kappa shape index (κ3) is 19.9. The van der Waals surface area contributed by atoms with Gasteiger partial charge in [-0.2, -0.15) is 0 Å². The van der Waals surface area contributed by atoms with Crippen LogP contribution in [0.25, 0.3) is 21.3 Å². The Morgan fingerprint density at radius 3 is 1.97 bits per heavy atom. The first-order chi connectivity index (χ1) is 41.6. The van der Waals surface area contributed by atoms with Gasteiger partial charge in [-0.25, -0.2) is 4.98 Å². The first-order valence-corrected chi connectivity index (χ1v) is 28.6. The number of phenolic OH excluding ortho intramolecular Hbond substituents is 1. The number of hydrogen-bond acceptors (Lipinski definition) is 15. The van der Waals surface area contributed by atoms with Gasteiger partial charge >= 0.3 is 0 Å². The molecule has 9 atom stereocenters. The fourth-order valence-corrected chi connectivity index (χ4v) is 10.2. The zero-order valence-electron chi connectivity index (χ0n) is 48.3. The second kappa shape index (κ2) is 32.5. The molecule has 0 spiro atoms. The summed E-state index contributed by atoms with van der Waals surface area (Å²) >= 11 is 0. The van der Waals surface area contributed by atoms with Gasteiger partial charge in [-0.3, -0.25) is 52.9 Å². The Bertz CT molecular complexity index is 3140. The van der Waals surface area contributed by atoms with Crippen molar-refractivity contribution in [2.45, 2.75) is 145 Å². The molecule has 31 nitrogen and oxygen atoms in total. The standard InChI is InChI=1S/C56H77N19O12/c1-30(2)22-40(50(82)68-39(11-5-19-62-56(58)59)55(87)75-21-7-12-45(75)47(57)79)69-48(80)37(10-6-20-65-74-60)67-51(83)41(23-31-13-15-34(77)16-14-31)70-54(86)44(28-76)73-52(84)42(24-32-26-63-36-9-4-3-8-35(32)36)71-53(85)43(25-33-27-61-29-64-33)72-49(81)38-17-18-46(78)66-38/h3-4,8-9,13-16,26-27,29-30,37-45,63,76-77H,5-7,10-12,17-25,28H2,1-2H3,(H2,57,79)(H,61,64)(H,66,78)(H,67,83)(H,68,82)(H,69,80)(H,70,86)(H,71,85)(H,72,81)(H,73,84)(H4,58,59,62)/t37?,38-,39-,40-,41-,42-,43-,44-,45-/m0/s1. The predicted molar refractivity (Wildman–Crippen MR) is 314 cm³/mol. The van der Waals surface area contributed by atoms with Crippen molar-refractivity contribution in [1.29, 1.82) is 0 Å². The van der Waals surface area contributed by atoms with Crippen molar-refractivity contribution in [1.82, 2.24) is 62.4 Å². The summed E-state index contributed by atoms with van der Waals surface area (Å²) in [6, 6.07) is 0.694. The Hall–Kier alpha value is -9.77. The highest BCUT2D eigenvalue weighted by Crippen LogP contribution is 2.22. The predicted octanol–water partition coefficient (Wildman–Crippen LogP) is -2.04. The van der Waals surface area contributed by atoms with Crippen LogP contribution in [0.1, 0.15) is 88.5 Å². The minimum absolute atomic E-state index is 0.0274. The summed E-state index contributed by atoms with van der Waals surface area (Å²) in [5, 5.41) is 46.2. The van der Waals surface area contributed by atoms with Crippen molar-refractivity contribution in [2.75, 3.05) is 26.2 Å². The highest BCUT2D eigenvalue weighted by Gasteiger charge is 2.39. The molecule has 2 aromatic carbocycles. The normalized spacial score (nSPS) is 17.0. The number of H-pyrrole nitrogens is 2. The SMILES string of the molecule is CC(C)C[C@H](NC(=O)C(CCCN=[N+]=[N-])NC(=O)[C@H](Cc1ccc(O)cc1)NC(=O)[C@H](CO)NC(=O)[C@H](Cc1c[nH]c2ccccc12)NC(=O)[C@H](Cc1cnc[nH]1)NC(=O)[C@@H]1CCC(=O)N1)C(=O)N[C@@H](CCCN=C(N)N)C(=O)N1CCC[C@H]1C(N)=O. The van der Waals surface area contributed by atoms with Crippen LogP contribution in [0.2, 0.25) is 0 Å². The number of para-hydroxylation sites is 1. The Labute approximate surface area is 499 Å². The van der Waals surface area contributed by atoms with Gasteiger partial charge in [0, 0.05) is 79.2 Å². The number of carbonyl (C=O) groups is 10. The van der Waals surface area contributed by atoms with E-state index in [1.807, 2.05) is 0 Å². The number of aromatic hydroxyl groups is 1. The molecule has 0 bridgehead atoms. The monoisotopic (exact) mass is 1210 g/mol. The van der Waals surface area contributed by atoms with E-state index in [1.165, 1.54) is 41.7 Å². The number of aliphatic imine (C=N–C) groups is 1. The van der Waals surface area contributed by atoms with Crippen LogP contribution < -0.4 is 59.7 Å². The molecule has 2 saturated heterocycles. The average molecular weight is 1210 g/mol. The van der Waals surface area contributed by atoms with E-state index >= 15 is 0 Å².